The lowest BCUT2D eigenvalue weighted by atomic mass is 10.00. The fourth-order valence-corrected chi connectivity index (χ4v) is 2.41. The zero-order valence-corrected chi connectivity index (χ0v) is 11.4. The normalized spacial score (nSPS) is 24.2. The second-order valence-electron chi connectivity index (χ2n) is 5.50. The van der Waals surface area contributed by atoms with Crippen molar-refractivity contribution in [1.29, 1.82) is 5.26 Å². The van der Waals surface area contributed by atoms with E-state index >= 15 is 0 Å². The first-order valence-corrected chi connectivity index (χ1v) is 6.55. The van der Waals surface area contributed by atoms with E-state index < -0.39 is 5.54 Å². The van der Waals surface area contributed by atoms with Crippen molar-refractivity contribution in [3.05, 3.63) is 29.8 Å². The molecule has 1 aromatic rings. The number of anilines is 1. The van der Waals surface area contributed by atoms with E-state index in [1.165, 1.54) is 5.56 Å². The molecule has 1 heterocycles. The predicted octanol–water partition coefficient (Wildman–Crippen LogP) is 2.78. The van der Waals surface area contributed by atoms with Gasteiger partial charge in [0.15, 0.2) is 0 Å². The summed E-state index contributed by atoms with van der Waals surface area (Å²) in [6, 6.07) is 11.2. The SMILES string of the molecule is Cc1ccc(NC2(C#N)CCN(C(C)C)C2)cc1. The Kier molecular flexibility index (Phi) is 3.58. The van der Waals surface area contributed by atoms with Crippen LogP contribution in [-0.2, 0) is 0 Å². The minimum absolute atomic E-state index is 0.431. The Balaban J connectivity index is 2.11. The summed E-state index contributed by atoms with van der Waals surface area (Å²) in [6.07, 6.45) is 0.884. The number of aryl methyl sites for hydroxylation is 1. The van der Waals surface area contributed by atoms with Gasteiger partial charge in [-0.25, -0.2) is 0 Å². The Morgan fingerprint density at radius 3 is 2.50 bits per heavy atom. The molecule has 1 fully saturated rings. The Morgan fingerprint density at radius 2 is 2.00 bits per heavy atom. The lowest BCUT2D eigenvalue weighted by molar-refractivity contribution is 0.268. The van der Waals surface area contributed by atoms with Crippen molar-refractivity contribution in [3.8, 4) is 6.07 Å². The molecule has 1 unspecified atom stereocenters. The van der Waals surface area contributed by atoms with Gasteiger partial charge in [-0.2, -0.15) is 5.26 Å². The molecular weight excluding hydrogens is 222 g/mol. The molecule has 3 heteroatoms. The molecule has 1 saturated heterocycles. The van der Waals surface area contributed by atoms with Crippen LogP contribution >= 0.6 is 0 Å². The second kappa shape index (κ2) is 4.99. The fraction of sp³-hybridized carbons (Fsp3) is 0.533. The lowest BCUT2D eigenvalue weighted by Crippen LogP contribution is -2.41. The molecule has 0 bridgehead atoms. The van der Waals surface area contributed by atoms with Gasteiger partial charge in [-0.15, -0.1) is 0 Å². The Bertz CT molecular complexity index is 444. The molecule has 1 aliphatic heterocycles. The molecule has 1 aromatic carbocycles. The number of nitrogens with one attached hydrogen (secondary N) is 1. The summed E-state index contributed by atoms with van der Waals surface area (Å²) in [5, 5.41) is 12.9. The fourth-order valence-electron chi connectivity index (χ4n) is 2.41. The van der Waals surface area contributed by atoms with Gasteiger partial charge in [0.05, 0.1) is 6.07 Å². The van der Waals surface area contributed by atoms with Gasteiger partial charge >= 0.3 is 0 Å². The molecule has 1 atom stereocenters. The van der Waals surface area contributed by atoms with Crippen LogP contribution in [0.4, 0.5) is 5.69 Å². The number of nitriles is 1. The van der Waals surface area contributed by atoms with Crippen molar-refractivity contribution in [2.45, 2.75) is 38.8 Å². The molecule has 0 amide bonds. The van der Waals surface area contributed by atoms with Crippen molar-refractivity contribution < 1.29 is 0 Å². The van der Waals surface area contributed by atoms with E-state index in [0.717, 1.165) is 25.2 Å². The largest absolute Gasteiger partial charge is 0.366 e. The van der Waals surface area contributed by atoms with E-state index in [1.807, 2.05) is 12.1 Å². The standard InChI is InChI=1S/C15H21N3/c1-12(2)18-9-8-15(10-16,11-18)17-14-6-4-13(3)5-7-14/h4-7,12,17H,8-9,11H2,1-3H3. The molecule has 0 saturated carbocycles. The minimum Gasteiger partial charge on any atom is -0.366 e. The molecule has 0 spiro atoms. The molecule has 0 radical (unpaired) electrons. The first-order chi connectivity index (χ1) is 8.54. The topological polar surface area (TPSA) is 39.1 Å². The predicted molar refractivity (Wildman–Crippen MR) is 74.5 cm³/mol. The highest BCUT2D eigenvalue weighted by Crippen LogP contribution is 2.27. The van der Waals surface area contributed by atoms with Crippen LogP contribution in [0, 0.1) is 18.3 Å². The van der Waals surface area contributed by atoms with Crippen molar-refractivity contribution >= 4 is 5.69 Å². The van der Waals surface area contributed by atoms with Gasteiger partial charge in [0.25, 0.3) is 0 Å². The Labute approximate surface area is 109 Å². The summed E-state index contributed by atoms with van der Waals surface area (Å²) >= 11 is 0. The molecule has 96 valence electrons. The number of nitrogens with zero attached hydrogens (tertiary/aromatic N) is 2. The van der Waals surface area contributed by atoms with Gasteiger partial charge in [0.2, 0.25) is 0 Å². The third-order valence-electron chi connectivity index (χ3n) is 3.68. The zero-order chi connectivity index (χ0) is 13.2. The van der Waals surface area contributed by atoms with Gasteiger partial charge in [0.1, 0.15) is 5.54 Å². The van der Waals surface area contributed by atoms with E-state index in [-0.39, 0.29) is 0 Å². The van der Waals surface area contributed by atoms with Crippen LogP contribution < -0.4 is 5.32 Å². The third-order valence-corrected chi connectivity index (χ3v) is 3.68. The summed E-state index contributed by atoms with van der Waals surface area (Å²) in [4.78, 5) is 2.35. The second-order valence-corrected chi connectivity index (χ2v) is 5.50. The summed E-state index contributed by atoms with van der Waals surface area (Å²) in [6.45, 7) is 8.22. The molecule has 3 nitrogen and oxygen atoms in total. The van der Waals surface area contributed by atoms with Crippen LogP contribution in [0.2, 0.25) is 0 Å². The highest BCUT2D eigenvalue weighted by atomic mass is 15.2. The summed E-state index contributed by atoms with van der Waals surface area (Å²) < 4.78 is 0. The maximum Gasteiger partial charge on any atom is 0.139 e. The Morgan fingerprint density at radius 1 is 1.33 bits per heavy atom. The van der Waals surface area contributed by atoms with Crippen LogP contribution in [0.25, 0.3) is 0 Å². The van der Waals surface area contributed by atoms with Gasteiger partial charge in [-0.05, 0) is 39.3 Å². The molecule has 1 aliphatic rings. The Hall–Kier alpha value is -1.53. The minimum atomic E-state index is -0.431. The average Bonchev–Trinajstić information content (AvgIpc) is 2.77. The number of hydrogen-bond donors (Lipinski definition) is 1. The van der Waals surface area contributed by atoms with Crippen molar-refractivity contribution in [2.24, 2.45) is 0 Å². The van der Waals surface area contributed by atoms with Crippen LogP contribution in [0.15, 0.2) is 24.3 Å². The highest BCUT2D eigenvalue weighted by Gasteiger charge is 2.39. The van der Waals surface area contributed by atoms with E-state index in [0.29, 0.717) is 6.04 Å². The van der Waals surface area contributed by atoms with Gasteiger partial charge < -0.3 is 5.32 Å². The summed E-state index contributed by atoms with van der Waals surface area (Å²) in [5.41, 5.74) is 1.84. The number of benzene rings is 1. The zero-order valence-electron chi connectivity index (χ0n) is 11.4. The quantitative estimate of drug-likeness (QED) is 0.887. The van der Waals surface area contributed by atoms with Crippen LogP contribution in [-0.4, -0.2) is 29.6 Å². The van der Waals surface area contributed by atoms with Crippen molar-refractivity contribution in [3.63, 3.8) is 0 Å². The summed E-state index contributed by atoms with van der Waals surface area (Å²) in [7, 11) is 0. The molecular formula is C15H21N3. The first-order valence-electron chi connectivity index (χ1n) is 6.55. The van der Waals surface area contributed by atoms with Crippen molar-refractivity contribution in [1.82, 2.24) is 4.90 Å². The lowest BCUT2D eigenvalue weighted by Gasteiger charge is -2.26. The molecule has 2 rings (SSSR count). The van der Waals surface area contributed by atoms with Crippen LogP contribution in [0.3, 0.4) is 0 Å². The molecule has 18 heavy (non-hydrogen) atoms. The van der Waals surface area contributed by atoms with E-state index in [4.69, 9.17) is 0 Å². The summed E-state index contributed by atoms with van der Waals surface area (Å²) in [5.74, 6) is 0. The number of likely N-dealkylation sites (tertiary alicyclic amines) is 1. The third kappa shape index (κ3) is 2.65. The molecule has 1 N–H and O–H groups in total. The number of rotatable bonds is 3. The van der Waals surface area contributed by atoms with Crippen LogP contribution in [0.5, 0.6) is 0 Å². The van der Waals surface area contributed by atoms with Crippen LogP contribution in [0.1, 0.15) is 25.8 Å². The van der Waals surface area contributed by atoms with E-state index in [2.05, 4.69) is 49.2 Å². The van der Waals surface area contributed by atoms with Gasteiger partial charge in [-0.1, -0.05) is 17.7 Å². The average molecular weight is 243 g/mol. The molecule has 0 aliphatic carbocycles. The van der Waals surface area contributed by atoms with Gasteiger partial charge in [0, 0.05) is 24.8 Å². The maximum absolute atomic E-state index is 9.49. The van der Waals surface area contributed by atoms with Crippen molar-refractivity contribution in [2.75, 3.05) is 18.4 Å². The smallest absolute Gasteiger partial charge is 0.139 e. The first kappa shape index (κ1) is 12.9. The maximum atomic E-state index is 9.49. The van der Waals surface area contributed by atoms with E-state index in [9.17, 15) is 5.26 Å². The number of hydrogen-bond acceptors (Lipinski definition) is 3. The highest BCUT2D eigenvalue weighted by molar-refractivity contribution is 5.49. The molecule has 0 aromatic heterocycles. The van der Waals surface area contributed by atoms with Gasteiger partial charge in [-0.3, -0.25) is 4.90 Å². The monoisotopic (exact) mass is 243 g/mol. The van der Waals surface area contributed by atoms with E-state index in [1.54, 1.807) is 0 Å².